The van der Waals surface area contributed by atoms with Gasteiger partial charge >= 0.3 is 0 Å². The van der Waals surface area contributed by atoms with Gasteiger partial charge in [-0.1, -0.05) is 64.0 Å². The summed E-state index contributed by atoms with van der Waals surface area (Å²) in [5.74, 6) is -1.00. The quantitative estimate of drug-likeness (QED) is 0.421. The smallest absolute Gasteiger partial charge is 0.270 e. The molecule has 0 unspecified atom stereocenters. The van der Waals surface area contributed by atoms with Gasteiger partial charge in [0.05, 0.1) is 17.3 Å². The Balaban J connectivity index is 2.05. The van der Waals surface area contributed by atoms with Crippen LogP contribution in [0.4, 0.5) is 5.69 Å². The van der Waals surface area contributed by atoms with E-state index in [1.165, 1.54) is 5.01 Å². The van der Waals surface area contributed by atoms with Crippen molar-refractivity contribution in [3.8, 4) is 0 Å². The molecule has 1 aliphatic rings. The molecule has 2 atom stereocenters. The molecule has 0 saturated heterocycles. The molecule has 0 spiro atoms. The molecule has 0 fully saturated rings. The van der Waals surface area contributed by atoms with Crippen molar-refractivity contribution in [2.75, 3.05) is 11.6 Å². The lowest BCUT2D eigenvalue weighted by molar-refractivity contribution is -0.483. The fraction of sp³-hybridized carbons (Fsp3) is 0.263. The van der Waals surface area contributed by atoms with Crippen LogP contribution in [0.25, 0.3) is 0 Å². The Morgan fingerprint density at radius 3 is 2.35 bits per heavy atom. The number of alkyl halides is 1. The van der Waals surface area contributed by atoms with Crippen LogP contribution in [0.1, 0.15) is 24.0 Å². The van der Waals surface area contributed by atoms with Crippen LogP contribution in [-0.4, -0.2) is 27.4 Å². The molecule has 0 bridgehead atoms. The number of benzene rings is 2. The Morgan fingerprint density at radius 2 is 1.77 bits per heavy atom. The molecule has 2 aromatic rings. The van der Waals surface area contributed by atoms with Gasteiger partial charge in [-0.25, -0.2) is 0 Å². The maximum Gasteiger partial charge on any atom is 0.271 e. The van der Waals surface area contributed by atoms with E-state index in [1.54, 1.807) is 19.1 Å². The molecule has 0 N–H and O–H groups in total. The van der Waals surface area contributed by atoms with Gasteiger partial charge in [-0.05, 0) is 31.5 Å². The lowest BCUT2D eigenvalue weighted by atomic mass is 9.82. The van der Waals surface area contributed by atoms with Crippen LogP contribution in [0, 0.1) is 17.0 Å². The van der Waals surface area contributed by atoms with Crippen molar-refractivity contribution in [1.29, 1.82) is 0 Å². The SMILES string of the molecule is CC1=NN(c2ccccc2)C(=O)[C@@]1(Br)[C@@H](C[N+](=O)[O-])c1ccc(C)cc1. The zero-order valence-electron chi connectivity index (χ0n) is 14.4. The fourth-order valence-electron chi connectivity index (χ4n) is 3.13. The molecular formula is C19H18BrN3O3. The van der Waals surface area contributed by atoms with Gasteiger partial charge in [-0.15, -0.1) is 0 Å². The van der Waals surface area contributed by atoms with Gasteiger partial charge in [-0.3, -0.25) is 14.9 Å². The third-order valence-electron chi connectivity index (χ3n) is 4.57. The summed E-state index contributed by atoms with van der Waals surface area (Å²) in [7, 11) is 0. The van der Waals surface area contributed by atoms with Crippen LogP contribution >= 0.6 is 15.9 Å². The summed E-state index contributed by atoms with van der Waals surface area (Å²) >= 11 is 3.54. The minimum Gasteiger partial charge on any atom is -0.270 e. The molecule has 26 heavy (non-hydrogen) atoms. The standard InChI is InChI=1S/C19H18BrN3O3/c1-13-8-10-15(11-9-13)17(12-22(25)26)19(20)14(2)21-23(18(19)24)16-6-4-3-5-7-16/h3-11,17H,12H2,1-2H3/t17-,19-/m0/s1. The van der Waals surface area contributed by atoms with Gasteiger partial charge < -0.3 is 0 Å². The number of amides is 1. The Bertz CT molecular complexity index is 867. The zero-order valence-corrected chi connectivity index (χ0v) is 16.0. The monoisotopic (exact) mass is 415 g/mol. The van der Waals surface area contributed by atoms with Crippen LogP contribution < -0.4 is 5.01 Å². The first kappa shape index (κ1) is 18.3. The highest BCUT2D eigenvalue weighted by molar-refractivity contribution is 9.10. The van der Waals surface area contributed by atoms with Crippen molar-refractivity contribution in [2.45, 2.75) is 24.1 Å². The normalized spacial score (nSPS) is 20.8. The van der Waals surface area contributed by atoms with E-state index in [-0.39, 0.29) is 17.4 Å². The summed E-state index contributed by atoms with van der Waals surface area (Å²) in [6.45, 7) is 3.28. The number of nitrogens with zero attached hydrogens (tertiary/aromatic N) is 3. The molecule has 0 saturated carbocycles. The summed E-state index contributed by atoms with van der Waals surface area (Å²) in [4.78, 5) is 24.2. The van der Waals surface area contributed by atoms with Crippen LogP contribution in [0.3, 0.4) is 0 Å². The number of rotatable bonds is 5. The molecule has 3 rings (SSSR count). The van der Waals surface area contributed by atoms with Gasteiger partial charge in [0.25, 0.3) is 5.91 Å². The molecule has 1 amide bonds. The highest BCUT2D eigenvalue weighted by Crippen LogP contribution is 2.43. The van der Waals surface area contributed by atoms with E-state index in [9.17, 15) is 14.9 Å². The second kappa shape index (κ2) is 6.99. The Labute approximate surface area is 159 Å². The minimum absolute atomic E-state index is 0.325. The van der Waals surface area contributed by atoms with Gasteiger partial charge in [0, 0.05) is 4.92 Å². The maximum atomic E-state index is 13.2. The van der Waals surface area contributed by atoms with Crippen LogP contribution in [0.2, 0.25) is 0 Å². The molecule has 1 heterocycles. The number of nitro groups is 1. The molecule has 0 aromatic heterocycles. The summed E-state index contributed by atoms with van der Waals surface area (Å²) < 4.78 is -1.26. The van der Waals surface area contributed by atoms with Crippen LogP contribution in [0.15, 0.2) is 59.7 Å². The average molecular weight is 416 g/mol. The number of carbonyl (C=O) groups excluding carboxylic acids is 1. The zero-order chi connectivity index (χ0) is 18.9. The highest BCUT2D eigenvalue weighted by atomic mass is 79.9. The Kier molecular flexibility index (Phi) is 4.91. The van der Waals surface area contributed by atoms with Crippen LogP contribution in [-0.2, 0) is 4.79 Å². The van der Waals surface area contributed by atoms with Crippen molar-refractivity contribution in [3.05, 3.63) is 75.8 Å². The summed E-state index contributed by atoms with van der Waals surface area (Å²) in [5, 5.41) is 17.0. The minimum atomic E-state index is -1.26. The predicted octanol–water partition coefficient (Wildman–Crippen LogP) is 3.91. The van der Waals surface area contributed by atoms with E-state index in [0.717, 1.165) is 11.1 Å². The van der Waals surface area contributed by atoms with Crippen molar-refractivity contribution >= 4 is 33.2 Å². The number of hydrogen-bond donors (Lipinski definition) is 0. The van der Waals surface area contributed by atoms with E-state index in [1.807, 2.05) is 49.4 Å². The first-order valence-corrected chi connectivity index (χ1v) is 8.96. The van der Waals surface area contributed by atoms with E-state index in [2.05, 4.69) is 21.0 Å². The van der Waals surface area contributed by atoms with Crippen molar-refractivity contribution in [2.24, 2.45) is 5.10 Å². The second-order valence-corrected chi connectivity index (χ2v) is 7.58. The Morgan fingerprint density at radius 1 is 1.15 bits per heavy atom. The molecule has 7 heteroatoms. The van der Waals surface area contributed by atoms with Gasteiger partial charge in [0.15, 0.2) is 4.32 Å². The topological polar surface area (TPSA) is 75.8 Å². The first-order chi connectivity index (χ1) is 12.3. The number of hydrazone groups is 1. The molecular weight excluding hydrogens is 398 g/mol. The number of halogens is 1. The molecule has 1 aliphatic heterocycles. The molecule has 0 aliphatic carbocycles. The number of aryl methyl sites for hydroxylation is 1. The lowest BCUT2D eigenvalue weighted by Gasteiger charge is -2.29. The summed E-state index contributed by atoms with van der Waals surface area (Å²) in [5.41, 5.74) is 2.90. The van der Waals surface area contributed by atoms with E-state index < -0.39 is 10.2 Å². The lowest BCUT2D eigenvalue weighted by Crippen LogP contribution is -2.47. The van der Waals surface area contributed by atoms with Gasteiger partial charge in [-0.2, -0.15) is 10.1 Å². The van der Waals surface area contributed by atoms with Gasteiger partial charge in [0.2, 0.25) is 6.54 Å². The number of hydrogen-bond acceptors (Lipinski definition) is 4. The highest BCUT2D eigenvalue weighted by Gasteiger charge is 2.55. The van der Waals surface area contributed by atoms with Crippen molar-refractivity contribution in [1.82, 2.24) is 0 Å². The largest absolute Gasteiger partial charge is 0.271 e. The summed E-state index contributed by atoms with van der Waals surface area (Å²) in [6, 6.07) is 16.5. The third kappa shape index (κ3) is 3.14. The fourth-order valence-corrected chi connectivity index (χ4v) is 3.79. The van der Waals surface area contributed by atoms with E-state index in [0.29, 0.717) is 11.4 Å². The van der Waals surface area contributed by atoms with Crippen molar-refractivity contribution < 1.29 is 9.72 Å². The number of anilines is 1. The molecule has 2 aromatic carbocycles. The maximum absolute atomic E-state index is 13.2. The second-order valence-electron chi connectivity index (χ2n) is 6.33. The van der Waals surface area contributed by atoms with E-state index in [4.69, 9.17) is 0 Å². The molecule has 6 nitrogen and oxygen atoms in total. The summed E-state index contributed by atoms with van der Waals surface area (Å²) in [6.07, 6.45) is 0. The molecule has 0 radical (unpaired) electrons. The molecule has 134 valence electrons. The predicted molar refractivity (Wildman–Crippen MR) is 104 cm³/mol. The number of para-hydroxylation sites is 1. The van der Waals surface area contributed by atoms with Crippen molar-refractivity contribution in [3.63, 3.8) is 0 Å². The average Bonchev–Trinajstić information content (AvgIpc) is 2.86. The third-order valence-corrected chi connectivity index (χ3v) is 6.04. The number of carbonyl (C=O) groups is 1. The first-order valence-electron chi connectivity index (χ1n) is 8.16. The van der Waals surface area contributed by atoms with Gasteiger partial charge in [0.1, 0.15) is 0 Å². The van der Waals surface area contributed by atoms with Crippen LogP contribution in [0.5, 0.6) is 0 Å². The van der Waals surface area contributed by atoms with E-state index >= 15 is 0 Å². The Hall–Kier alpha value is -2.54.